The Morgan fingerprint density at radius 1 is 1.37 bits per heavy atom. The van der Waals surface area contributed by atoms with Crippen LogP contribution in [0, 0.1) is 5.92 Å². The van der Waals surface area contributed by atoms with Crippen molar-refractivity contribution in [3.05, 3.63) is 0 Å². The van der Waals surface area contributed by atoms with Gasteiger partial charge in [0, 0.05) is 6.42 Å². The minimum absolute atomic E-state index is 0.0445. The average Bonchev–Trinajstić information content (AvgIpc) is 2.24. The van der Waals surface area contributed by atoms with E-state index in [4.69, 9.17) is 5.73 Å². The summed E-state index contributed by atoms with van der Waals surface area (Å²) in [6.07, 6.45) is 3.47. The molecule has 1 aliphatic carbocycles. The summed E-state index contributed by atoms with van der Waals surface area (Å²) in [6, 6.07) is 0. The van der Waals surface area contributed by atoms with E-state index < -0.39 is 20.1 Å². The number of hydrogen-bond acceptors (Lipinski definition) is 4. The number of carbonyl (C=O) groups excluding carboxylic acids is 1. The summed E-state index contributed by atoms with van der Waals surface area (Å²) >= 11 is 0. The summed E-state index contributed by atoms with van der Waals surface area (Å²) in [6.45, 7) is 7.08. The fourth-order valence-electron chi connectivity index (χ4n) is 2.63. The fourth-order valence-corrected chi connectivity index (χ4v) is 3.69. The standard InChI is InChI=1S/C14H27NO3S/c1-11-6-5-8-14(15,10-11)12(16)7-9-19(17,18)13(2,3)4/h11H,5-10,15H2,1-4H3. The van der Waals surface area contributed by atoms with E-state index in [0.717, 1.165) is 12.8 Å². The Labute approximate surface area is 117 Å². The zero-order valence-corrected chi connectivity index (χ0v) is 13.3. The van der Waals surface area contributed by atoms with Crippen LogP contribution < -0.4 is 5.73 Å². The highest BCUT2D eigenvalue weighted by molar-refractivity contribution is 7.92. The van der Waals surface area contributed by atoms with Crippen LogP contribution in [-0.2, 0) is 14.6 Å². The van der Waals surface area contributed by atoms with Gasteiger partial charge in [-0.3, -0.25) is 4.79 Å². The maximum Gasteiger partial charge on any atom is 0.155 e. The van der Waals surface area contributed by atoms with Gasteiger partial charge in [0.25, 0.3) is 0 Å². The quantitative estimate of drug-likeness (QED) is 0.859. The SMILES string of the molecule is CC1CCCC(N)(C(=O)CCS(=O)(=O)C(C)(C)C)C1. The van der Waals surface area contributed by atoms with Crippen LogP contribution in [0.4, 0.5) is 0 Å². The second-order valence-electron chi connectivity index (χ2n) is 6.96. The molecule has 0 amide bonds. The van der Waals surface area contributed by atoms with Gasteiger partial charge in [-0.2, -0.15) is 0 Å². The molecule has 0 aromatic carbocycles. The minimum Gasteiger partial charge on any atom is -0.319 e. The molecule has 0 bridgehead atoms. The molecular formula is C14H27NO3S. The number of carbonyl (C=O) groups is 1. The van der Waals surface area contributed by atoms with Crippen LogP contribution in [0.25, 0.3) is 0 Å². The minimum atomic E-state index is -3.25. The molecule has 5 heteroatoms. The molecule has 2 atom stereocenters. The Bertz CT molecular complexity index is 436. The van der Waals surface area contributed by atoms with Crippen molar-refractivity contribution in [1.29, 1.82) is 0 Å². The zero-order valence-electron chi connectivity index (χ0n) is 12.5. The molecule has 2 N–H and O–H groups in total. The summed E-state index contributed by atoms with van der Waals surface area (Å²) in [5, 5.41) is 0. The van der Waals surface area contributed by atoms with Crippen molar-refractivity contribution in [2.75, 3.05) is 5.75 Å². The topological polar surface area (TPSA) is 77.2 Å². The molecule has 0 spiro atoms. The smallest absolute Gasteiger partial charge is 0.155 e. The van der Waals surface area contributed by atoms with Crippen molar-refractivity contribution in [3.63, 3.8) is 0 Å². The molecule has 1 rings (SSSR count). The van der Waals surface area contributed by atoms with Crippen LogP contribution >= 0.6 is 0 Å². The third-order valence-corrected chi connectivity index (χ3v) is 6.73. The van der Waals surface area contributed by atoms with Gasteiger partial charge >= 0.3 is 0 Å². The highest BCUT2D eigenvalue weighted by Crippen LogP contribution is 2.32. The number of ketones is 1. The third-order valence-electron chi connectivity index (χ3n) is 4.12. The zero-order chi connectivity index (χ0) is 14.9. The molecule has 19 heavy (non-hydrogen) atoms. The first-order chi connectivity index (χ1) is 8.48. The molecule has 0 aromatic heterocycles. The van der Waals surface area contributed by atoms with E-state index in [1.807, 2.05) is 0 Å². The normalized spacial score (nSPS) is 29.2. The number of Topliss-reactive ketones (excluding diaryl/α,β-unsaturated/α-hetero) is 1. The second-order valence-corrected chi connectivity index (χ2v) is 9.82. The van der Waals surface area contributed by atoms with Crippen LogP contribution in [0.2, 0.25) is 0 Å². The lowest BCUT2D eigenvalue weighted by molar-refractivity contribution is -0.125. The molecule has 4 nitrogen and oxygen atoms in total. The Morgan fingerprint density at radius 2 is 1.95 bits per heavy atom. The molecule has 1 saturated carbocycles. The number of hydrogen-bond donors (Lipinski definition) is 1. The van der Waals surface area contributed by atoms with Crippen LogP contribution in [0.3, 0.4) is 0 Å². The molecule has 0 radical (unpaired) electrons. The predicted molar refractivity (Wildman–Crippen MR) is 77.7 cm³/mol. The van der Waals surface area contributed by atoms with Gasteiger partial charge in [0.1, 0.15) is 0 Å². The van der Waals surface area contributed by atoms with E-state index in [1.54, 1.807) is 20.8 Å². The average molecular weight is 289 g/mol. The van der Waals surface area contributed by atoms with E-state index >= 15 is 0 Å². The number of sulfone groups is 1. The van der Waals surface area contributed by atoms with Crippen molar-refractivity contribution in [2.24, 2.45) is 11.7 Å². The summed E-state index contributed by atoms with van der Waals surface area (Å²) in [5.41, 5.74) is 5.39. The maximum absolute atomic E-state index is 12.2. The molecule has 0 aliphatic heterocycles. The van der Waals surface area contributed by atoms with Gasteiger partial charge in [-0.15, -0.1) is 0 Å². The molecule has 0 saturated heterocycles. The summed E-state index contributed by atoms with van der Waals surface area (Å²) in [7, 11) is -3.25. The van der Waals surface area contributed by atoms with Crippen molar-refractivity contribution >= 4 is 15.6 Å². The maximum atomic E-state index is 12.2. The first-order valence-corrected chi connectivity index (χ1v) is 8.68. The van der Waals surface area contributed by atoms with Crippen molar-refractivity contribution in [3.8, 4) is 0 Å². The van der Waals surface area contributed by atoms with Gasteiger partial charge in [0.2, 0.25) is 0 Å². The third kappa shape index (κ3) is 4.02. The molecule has 0 aromatic rings. The van der Waals surface area contributed by atoms with Gasteiger partial charge in [-0.25, -0.2) is 8.42 Å². The lowest BCUT2D eigenvalue weighted by Gasteiger charge is -2.35. The summed E-state index contributed by atoms with van der Waals surface area (Å²) in [5.74, 6) is 0.261. The van der Waals surface area contributed by atoms with Crippen LogP contribution in [0.15, 0.2) is 0 Å². The van der Waals surface area contributed by atoms with Crippen molar-refractivity contribution in [1.82, 2.24) is 0 Å². The Hall–Kier alpha value is -0.420. The van der Waals surface area contributed by atoms with Gasteiger partial charge in [-0.1, -0.05) is 19.8 Å². The summed E-state index contributed by atoms with van der Waals surface area (Å²) in [4.78, 5) is 12.2. The molecule has 2 unspecified atom stereocenters. The highest BCUT2D eigenvalue weighted by atomic mass is 32.2. The number of rotatable bonds is 4. The lowest BCUT2D eigenvalue weighted by Crippen LogP contribution is -2.51. The Kier molecular flexibility index (Phi) is 4.84. The number of nitrogens with two attached hydrogens (primary N) is 1. The Balaban J connectivity index is 2.66. The van der Waals surface area contributed by atoms with Gasteiger partial charge < -0.3 is 5.73 Å². The molecule has 112 valence electrons. The van der Waals surface area contributed by atoms with Gasteiger partial charge in [0.05, 0.1) is 16.0 Å². The van der Waals surface area contributed by atoms with E-state index in [1.165, 1.54) is 0 Å². The van der Waals surface area contributed by atoms with Crippen LogP contribution in [0.5, 0.6) is 0 Å². The highest BCUT2D eigenvalue weighted by Gasteiger charge is 2.38. The van der Waals surface area contributed by atoms with Crippen LogP contribution in [-0.4, -0.2) is 30.2 Å². The first-order valence-electron chi connectivity index (χ1n) is 7.02. The second kappa shape index (κ2) is 5.52. The molecule has 1 aliphatic rings. The molecule has 1 fully saturated rings. The lowest BCUT2D eigenvalue weighted by atomic mass is 9.74. The molecule has 0 heterocycles. The van der Waals surface area contributed by atoms with Crippen molar-refractivity contribution < 1.29 is 13.2 Å². The van der Waals surface area contributed by atoms with E-state index in [9.17, 15) is 13.2 Å². The van der Waals surface area contributed by atoms with E-state index in [-0.39, 0.29) is 18.0 Å². The first kappa shape index (κ1) is 16.6. The Morgan fingerprint density at radius 3 is 2.42 bits per heavy atom. The van der Waals surface area contributed by atoms with E-state index in [0.29, 0.717) is 18.8 Å². The monoisotopic (exact) mass is 289 g/mol. The van der Waals surface area contributed by atoms with Crippen LogP contribution in [0.1, 0.15) is 59.8 Å². The largest absolute Gasteiger partial charge is 0.319 e. The van der Waals surface area contributed by atoms with E-state index in [2.05, 4.69) is 6.92 Å². The molecular weight excluding hydrogens is 262 g/mol. The summed E-state index contributed by atoms with van der Waals surface area (Å²) < 4.78 is 23.2. The van der Waals surface area contributed by atoms with Gasteiger partial charge in [-0.05, 0) is 39.5 Å². The van der Waals surface area contributed by atoms with Gasteiger partial charge in [0.15, 0.2) is 15.6 Å². The predicted octanol–water partition coefficient (Wildman–Crippen LogP) is 2.07. The fraction of sp³-hybridized carbons (Fsp3) is 0.929. The van der Waals surface area contributed by atoms with Crippen molar-refractivity contribution in [2.45, 2.75) is 70.1 Å².